The second kappa shape index (κ2) is 7.62. The minimum Gasteiger partial charge on any atom is -0.458 e. The Morgan fingerprint density at radius 2 is 1.80 bits per heavy atom. The average molecular weight is 497 g/mol. The van der Waals surface area contributed by atoms with Crippen LogP contribution in [0, 0.1) is 41.4 Å². The summed E-state index contributed by atoms with van der Waals surface area (Å²) < 4.78 is 50.7. The van der Waals surface area contributed by atoms with Crippen molar-refractivity contribution in [1.29, 1.82) is 0 Å². The summed E-state index contributed by atoms with van der Waals surface area (Å²) in [6.07, 6.45) is 4.45. The average Bonchev–Trinajstić information content (AvgIpc) is 3.39. The third-order valence-corrected chi connectivity index (χ3v) is 10.1. The summed E-state index contributed by atoms with van der Waals surface area (Å²) in [6, 6.07) is 0. The lowest BCUT2D eigenvalue weighted by atomic mass is 9.46. The lowest BCUT2D eigenvalue weighted by molar-refractivity contribution is -0.273. The van der Waals surface area contributed by atoms with Crippen molar-refractivity contribution in [3.05, 3.63) is 0 Å². The predicted molar refractivity (Wildman–Crippen MR) is 116 cm³/mol. The maximum absolute atomic E-state index is 13.8. The number of carbonyl (C=O) groups excluding carboxylic acids is 3. The predicted octanol–water partition coefficient (Wildman–Crippen LogP) is 3.67. The Kier molecular flexibility index (Phi) is 5.14. The van der Waals surface area contributed by atoms with Crippen LogP contribution in [0.15, 0.2) is 0 Å². The third-order valence-electron chi connectivity index (χ3n) is 10.1. The van der Waals surface area contributed by atoms with Crippen LogP contribution >= 0.6 is 0 Å². The van der Waals surface area contributed by atoms with Crippen LogP contribution in [0.1, 0.15) is 65.7 Å². The molecule has 35 heavy (non-hydrogen) atoms. The number of halogens is 2. The van der Waals surface area contributed by atoms with E-state index in [1.54, 1.807) is 0 Å². The lowest BCUT2D eigenvalue weighted by Gasteiger charge is -2.65. The molecule has 0 aromatic heterocycles. The topological polar surface area (TPSA) is 88.1 Å². The van der Waals surface area contributed by atoms with Gasteiger partial charge in [-0.1, -0.05) is 13.8 Å². The smallest absolute Gasteiger partial charge is 0.377 e. The molecule has 7 atom stereocenters. The molecule has 0 spiro atoms. The largest absolute Gasteiger partial charge is 0.458 e. The molecule has 1 heterocycles. The molecule has 7 unspecified atom stereocenters. The molecule has 0 N–H and O–H groups in total. The summed E-state index contributed by atoms with van der Waals surface area (Å²) in [6.45, 7) is 4.26. The quantitative estimate of drug-likeness (QED) is 0.393. The molecule has 7 rings (SSSR count). The number of rotatable bonds is 7. The Labute approximate surface area is 203 Å². The molecule has 0 radical (unpaired) electrons. The van der Waals surface area contributed by atoms with Gasteiger partial charge >= 0.3 is 23.8 Å². The minimum absolute atomic E-state index is 0.0359. The van der Waals surface area contributed by atoms with Gasteiger partial charge in [-0.15, -0.1) is 0 Å². The van der Waals surface area contributed by atoms with Gasteiger partial charge in [-0.05, 0) is 56.8 Å². The highest BCUT2D eigenvalue weighted by Gasteiger charge is 2.67. The maximum Gasteiger partial charge on any atom is 0.377 e. The third kappa shape index (κ3) is 3.46. The summed E-state index contributed by atoms with van der Waals surface area (Å²) in [4.78, 5) is 37.0. The molecule has 6 aliphatic carbocycles. The maximum atomic E-state index is 13.8. The summed E-state index contributed by atoms with van der Waals surface area (Å²) in [5, 5.41) is 0. The normalized spacial score (nSPS) is 46.9. The number of carbonyl (C=O) groups is 3. The van der Waals surface area contributed by atoms with E-state index in [1.807, 2.05) is 13.8 Å². The Morgan fingerprint density at radius 1 is 1.11 bits per heavy atom. The van der Waals surface area contributed by atoms with Gasteiger partial charge in [0.15, 0.2) is 0 Å². The number of hydrogen-bond acceptors (Lipinski definition) is 7. The van der Waals surface area contributed by atoms with Crippen LogP contribution in [0.25, 0.3) is 0 Å². The second-order valence-electron chi connectivity index (χ2n) is 12.5. The molecule has 1 saturated heterocycles. The van der Waals surface area contributed by atoms with E-state index in [9.17, 15) is 23.2 Å². The molecule has 6 saturated carbocycles. The van der Waals surface area contributed by atoms with E-state index >= 15 is 0 Å². The van der Waals surface area contributed by atoms with Gasteiger partial charge in [-0.25, -0.2) is 9.59 Å². The van der Waals surface area contributed by atoms with Crippen LogP contribution in [-0.2, 0) is 33.3 Å². The number of fused-ring (bicyclic) bond motifs is 1. The van der Waals surface area contributed by atoms with E-state index in [2.05, 4.69) is 0 Å². The first-order valence-electron chi connectivity index (χ1n) is 13.1. The Bertz CT molecular complexity index is 926. The standard InChI is InChI=1S/C26H34F2O7/c1-12(2)26(35-23(31)24(3,27)28)15-4-13-5-16(26)10-25(8-13,9-15)32-11-19(29)33-20-14-6-17-18(7-14)22(30)34-21(17)20/h12-18,20-21H,4-11H2,1-3H3. The summed E-state index contributed by atoms with van der Waals surface area (Å²) in [5.74, 6) is -5.25. The van der Waals surface area contributed by atoms with Gasteiger partial charge in [0.1, 0.15) is 24.4 Å². The van der Waals surface area contributed by atoms with Crippen molar-refractivity contribution in [3.63, 3.8) is 0 Å². The summed E-state index contributed by atoms with van der Waals surface area (Å²) in [5.41, 5.74) is -1.47. The number of hydrogen-bond donors (Lipinski definition) is 0. The fraction of sp³-hybridized carbons (Fsp3) is 0.885. The SMILES string of the molecule is CC(C)C1(OC(=O)C(C)(F)F)C2CC3CC1CC(OCC(=O)OC1C4CC5C(=O)OC1C5C4)(C3)C2. The zero-order valence-electron chi connectivity index (χ0n) is 20.5. The van der Waals surface area contributed by atoms with E-state index in [4.69, 9.17) is 18.9 Å². The Balaban J connectivity index is 1.12. The Morgan fingerprint density at radius 3 is 2.43 bits per heavy atom. The van der Waals surface area contributed by atoms with Gasteiger partial charge in [0.2, 0.25) is 0 Å². The van der Waals surface area contributed by atoms with Crippen LogP contribution in [-0.4, -0.2) is 53.8 Å². The van der Waals surface area contributed by atoms with Gasteiger partial charge in [0.05, 0.1) is 11.5 Å². The molecule has 7 aliphatic rings. The second-order valence-corrected chi connectivity index (χ2v) is 12.5. The van der Waals surface area contributed by atoms with Crippen LogP contribution in [0.5, 0.6) is 0 Å². The number of ether oxygens (including phenoxy) is 4. The van der Waals surface area contributed by atoms with Gasteiger partial charge < -0.3 is 18.9 Å². The summed E-state index contributed by atoms with van der Waals surface area (Å²) in [7, 11) is 0. The van der Waals surface area contributed by atoms with Crippen molar-refractivity contribution in [2.75, 3.05) is 6.61 Å². The van der Waals surface area contributed by atoms with Crippen molar-refractivity contribution in [2.45, 2.75) is 95.0 Å². The van der Waals surface area contributed by atoms with Crippen LogP contribution in [0.3, 0.4) is 0 Å². The highest BCUT2D eigenvalue weighted by atomic mass is 19.3. The van der Waals surface area contributed by atoms with Gasteiger partial charge in [-0.2, -0.15) is 8.78 Å². The molecule has 0 aromatic rings. The molecule has 0 aromatic carbocycles. The molecule has 6 bridgehead atoms. The Hall–Kier alpha value is -1.77. The van der Waals surface area contributed by atoms with Crippen LogP contribution in [0.4, 0.5) is 8.78 Å². The molecular formula is C26H34F2O7. The molecule has 194 valence electrons. The van der Waals surface area contributed by atoms with E-state index in [-0.39, 0.29) is 60.3 Å². The number of esters is 3. The van der Waals surface area contributed by atoms with Gasteiger partial charge in [0, 0.05) is 30.6 Å². The fourth-order valence-corrected chi connectivity index (χ4v) is 9.05. The molecular weight excluding hydrogens is 462 g/mol. The fourth-order valence-electron chi connectivity index (χ4n) is 9.05. The van der Waals surface area contributed by atoms with Gasteiger partial charge in [-0.3, -0.25) is 4.79 Å². The highest BCUT2D eigenvalue weighted by Crippen LogP contribution is 2.64. The monoisotopic (exact) mass is 496 g/mol. The highest BCUT2D eigenvalue weighted by molar-refractivity contribution is 5.78. The molecule has 1 aliphatic heterocycles. The van der Waals surface area contributed by atoms with Crippen molar-refractivity contribution in [1.82, 2.24) is 0 Å². The van der Waals surface area contributed by atoms with E-state index in [0.717, 1.165) is 32.1 Å². The van der Waals surface area contributed by atoms with E-state index in [1.165, 1.54) is 0 Å². The molecule has 7 nitrogen and oxygen atoms in total. The zero-order chi connectivity index (χ0) is 24.9. The number of alkyl halides is 2. The first-order valence-corrected chi connectivity index (χ1v) is 13.1. The zero-order valence-corrected chi connectivity index (χ0v) is 20.5. The van der Waals surface area contributed by atoms with Crippen molar-refractivity contribution in [2.24, 2.45) is 41.4 Å². The van der Waals surface area contributed by atoms with Crippen LogP contribution in [0.2, 0.25) is 0 Å². The summed E-state index contributed by atoms with van der Waals surface area (Å²) >= 11 is 0. The van der Waals surface area contributed by atoms with E-state index < -0.39 is 29.1 Å². The first-order chi connectivity index (χ1) is 16.4. The first kappa shape index (κ1) is 23.6. The van der Waals surface area contributed by atoms with Gasteiger partial charge in [0.25, 0.3) is 0 Å². The van der Waals surface area contributed by atoms with E-state index in [0.29, 0.717) is 25.7 Å². The lowest BCUT2D eigenvalue weighted by Crippen LogP contribution is -2.68. The minimum atomic E-state index is -3.54. The molecule has 9 heteroatoms. The molecule has 0 amide bonds. The van der Waals surface area contributed by atoms with Crippen molar-refractivity contribution in [3.8, 4) is 0 Å². The molecule has 7 fully saturated rings. The van der Waals surface area contributed by atoms with Crippen molar-refractivity contribution >= 4 is 17.9 Å². The van der Waals surface area contributed by atoms with Crippen LogP contribution < -0.4 is 0 Å². The van der Waals surface area contributed by atoms with Crippen molar-refractivity contribution < 1.29 is 42.1 Å².